The predicted octanol–water partition coefficient (Wildman–Crippen LogP) is 2.14. The molecule has 0 aromatic heterocycles. The molecular formula is C14H20N2O2. The summed E-state index contributed by atoms with van der Waals surface area (Å²) in [5.74, 6) is 0. The molecule has 18 heavy (non-hydrogen) atoms. The first-order chi connectivity index (χ1) is 8.37. The molecule has 0 fully saturated rings. The van der Waals surface area contributed by atoms with E-state index in [0.29, 0.717) is 0 Å². The number of hydrogen-bond donors (Lipinski definition) is 2. The van der Waals surface area contributed by atoms with E-state index in [1.165, 1.54) is 5.56 Å². The largest absolute Gasteiger partial charge is 0.444 e. The number of hydrogen-bond acceptors (Lipinski definition) is 3. The average Bonchev–Trinajstić information content (AvgIpc) is 2.54. The summed E-state index contributed by atoms with van der Waals surface area (Å²) in [7, 11) is 0. The quantitative estimate of drug-likeness (QED) is 0.800. The van der Waals surface area contributed by atoms with Crippen LogP contribution in [0, 0.1) is 0 Å². The summed E-state index contributed by atoms with van der Waals surface area (Å²) in [5, 5.41) is 2.85. The van der Waals surface area contributed by atoms with Crippen LogP contribution >= 0.6 is 0 Å². The maximum Gasteiger partial charge on any atom is 0.407 e. The molecule has 0 aliphatic heterocycles. The van der Waals surface area contributed by atoms with Crippen molar-refractivity contribution in [3.63, 3.8) is 0 Å². The lowest BCUT2D eigenvalue weighted by Crippen LogP contribution is -2.43. The summed E-state index contributed by atoms with van der Waals surface area (Å²) < 4.78 is 5.24. The second-order valence-corrected chi connectivity index (χ2v) is 5.68. The molecule has 2 atom stereocenters. The van der Waals surface area contributed by atoms with Crippen LogP contribution in [0.5, 0.6) is 0 Å². The van der Waals surface area contributed by atoms with E-state index in [4.69, 9.17) is 10.5 Å². The van der Waals surface area contributed by atoms with Crippen LogP contribution in [0.3, 0.4) is 0 Å². The Morgan fingerprint density at radius 2 is 2.06 bits per heavy atom. The van der Waals surface area contributed by atoms with Crippen LogP contribution < -0.4 is 11.1 Å². The van der Waals surface area contributed by atoms with E-state index in [1.807, 2.05) is 45.0 Å². The molecular weight excluding hydrogens is 228 g/mol. The fraction of sp³-hybridized carbons (Fsp3) is 0.500. The first kappa shape index (κ1) is 12.9. The van der Waals surface area contributed by atoms with Crippen LogP contribution in [0.25, 0.3) is 0 Å². The van der Waals surface area contributed by atoms with Crippen LogP contribution in [0.2, 0.25) is 0 Å². The number of benzene rings is 1. The van der Waals surface area contributed by atoms with Gasteiger partial charge in [-0.05, 0) is 38.3 Å². The Labute approximate surface area is 108 Å². The molecule has 1 aromatic carbocycles. The summed E-state index contributed by atoms with van der Waals surface area (Å²) in [6.45, 7) is 5.53. The smallest absolute Gasteiger partial charge is 0.407 e. The zero-order valence-electron chi connectivity index (χ0n) is 11.1. The molecule has 0 radical (unpaired) electrons. The van der Waals surface area contributed by atoms with E-state index in [2.05, 4.69) is 5.32 Å². The maximum atomic E-state index is 11.7. The van der Waals surface area contributed by atoms with Gasteiger partial charge in [0.05, 0.1) is 12.1 Å². The minimum Gasteiger partial charge on any atom is -0.444 e. The summed E-state index contributed by atoms with van der Waals surface area (Å²) in [5.41, 5.74) is 7.96. The highest BCUT2D eigenvalue weighted by atomic mass is 16.6. The van der Waals surface area contributed by atoms with Crippen molar-refractivity contribution in [2.45, 2.75) is 44.9 Å². The number of ether oxygens (including phenoxy) is 1. The second kappa shape index (κ2) is 4.61. The lowest BCUT2D eigenvalue weighted by molar-refractivity contribution is 0.0500. The minimum absolute atomic E-state index is 0.0859. The van der Waals surface area contributed by atoms with Crippen molar-refractivity contribution in [1.29, 1.82) is 0 Å². The van der Waals surface area contributed by atoms with Gasteiger partial charge in [0.25, 0.3) is 0 Å². The highest BCUT2D eigenvalue weighted by Gasteiger charge is 2.31. The number of rotatable bonds is 1. The number of nitrogens with two attached hydrogens (primary N) is 1. The number of alkyl carbamates (subject to hydrolysis) is 1. The Hall–Kier alpha value is -1.55. The van der Waals surface area contributed by atoms with Gasteiger partial charge in [-0.2, -0.15) is 0 Å². The first-order valence-corrected chi connectivity index (χ1v) is 6.20. The number of carbonyl (C=O) groups excluding carboxylic acids is 1. The fourth-order valence-corrected chi connectivity index (χ4v) is 2.23. The fourth-order valence-electron chi connectivity index (χ4n) is 2.23. The molecule has 4 nitrogen and oxygen atoms in total. The van der Waals surface area contributed by atoms with Crippen LogP contribution in [0.1, 0.15) is 37.9 Å². The van der Waals surface area contributed by atoms with Crippen molar-refractivity contribution in [3.8, 4) is 0 Å². The van der Waals surface area contributed by atoms with E-state index in [9.17, 15) is 4.79 Å². The molecule has 0 saturated heterocycles. The van der Waals surface area contributed by atoms with Gasteiger partial charge in [0.1, 0.15) is 5.60 Å². The standard InChI is InChI=1S/C14H20N2O2/c1-14(2,3)18-13(17)16-11-8-9-6-4-5-7-10(9)12(11)15/h4-7,11-12H,8,15H2,1-3H3,(H,16,17). The topological polar surface area (TPSA) is 64.3 Å². The van der Waals surface area contributed by atoms with Gasteiger partial charge < -0.3 is 15.8 Å². The third-order valence-corrected chi connectivity index (χ3v) is 2.99. The zero-order valence-corrected chi connectivity index (χ0v) is 11.1. The van der Waals surface area contributed by atoms with Gasteiger partial charge >= 0.3 is 6.09 Å². The van der Waals surface area contributed by atoms with Crippen LogP contribution in [0.15, 0.2) is 24.3 Å². The van der Waals surface area contributed by atoms with Gasteiger partial charge in [0.2, 0.25) is 0 Å². The Balaban J connectivity index is 2.00. The molecule has 2 rings (SSSR count). The molecule has 1 aliphatic rings. The monoisotopic (exact) mass is 248 g/mol. The van der Waals surface area contributed by atoms with E-state index in [1.54, 1.807) is 0 Å². The van der Waals surface area contributed by atoms with E-state index < -0.39 is 11.7 Å². The van der Waals surface area contributed by atoms with Crippen molar-refractivity contribution < 1.29 is 9.53 Å². The van der Waals surface area contributed by atoms with Crippen molar-refractivity contribution in [2.75, 3.05) is 0 Å². The highest BCUT2D eigenvalue weighted by Crippen LogP contribution is 2.29. The molecule has 3 N–H and O–H groups in total. The van der Waals surface area contributed by atoms with Crippen LogP contribution in [-0.4, -0.2) is 17.7 Å². The van der Waals surface area contributed by atoms with Crippen molar-refractivity contribution in [3.05, 3.63) is 35.4 Å². The van der Waals surface area contributed by atoms with E-state index in [0.717, 1.165) is 12.0 Å². The molecule has 0 heterocycles. The van der Waals surface area contributed by atoms with Crippen molar-refractivity contribution in [1.82, 2.24) is 5.32 Å². The van der Waals surface area contributed by atoms with Gasteiger partial charge in [-0.3, -0.25) is 0 Å². The Morgan fingerprint density at radius 1 is 1.39 bits per heavy atom. The SMILES string of the molecule is CC(C)(C)OC(=O)NC1Cc2ccccc2C1N. The maximum absolute atomic E-state index is 11.7. The molecule has 0 bridgehead atoms. The lowest BCUT2D eigenvalue weighted by atomic mass is 10.1. The molecule has 1 aromatic rings. The third-order valence-electron chi connectivity index (χ3n) is 2.99. The van der Waals surface area contributed by atoms with Gasteiger partial charge in [-0.1, -0.05) is 24.3 Å². The second-order valence-electron chi connectivity index (χ2n) is 5.68. The molecule has 1 aliphatic carbocycles. The average molecular weight is 248 g/mol. The lowest BCUT2D eigenvalue weighted by Gasteiger charge is -2.23. The van der Waals surface area contributed by atoms with E-state index in [-0.39, 0.29) is 12.1 Å². The number of carbonyl (C=O) groups is 1. The van der Waals surface area contributed by atoms with Gasteiger partial charge in [-0.15, -0.1) is 0 Å². The Morgan fingerprint density at radius 3 is 2.67 bits per heavy atom. The predicted molar refractivity (Wildman–Crippen MR) is 70.2 cm³/mol. The van der Waals surface area contributed by atoms with Gasteiger partial charge in [-0.25, -0.2) is 4.79 Å². The molecule has 1 amide bonds. The van der Waals surface area contributed by atoms with Crippen LogP contribution in [0.4, 0.5) is 4.79 Å². The third kappa shape index (κ3) is 2.82. The van der Waals surface area contributed by atoms with Crippen molar-refractivity contribution >= 4 is 6.09 Å². The normalized spacial score (nSPS) is 22.4. The summed E-state index contributed by atoms with van der Waals surface area (Å²) in [6.07, 6.45) is 0.354. The number of amides is 1. The summed E-state index contributed by atoms with van der Waals surface area (Å²) in [4.78, 5) is 11.7. The summed E-state index contributed by atoms with van der Waals surface area (Å²) >= 11 is 0. The molecule has 0 spiro atoms. The zero-order chi connectivity index (χ0) is 13.3. The Bertz CT molecular complexity index is 451. The van der Waals surface area contributed by atoms with Gasteiger partial charge in [0.15, 0.2) is 0 Å². The molecule has 0 saturated carbocycles. The van der Waals surface area contributed by atoms with Crippen molar-refractivity contribution in [2.24, 2.45) is 5.73 Å². The number of fused-ring (bicyclic) bond motifs is 1. The van der Waals surface area contributed by atoms with Crippen LogP contribution in [-0.2, 0) is 11.2 Å². The highest BCUT2D eigenvalue weighted by molar-refractivity contribution is 5.68. The van der Waals surface area contributed by atoms with Gasteiger partial charge in [0, 0.05) is 0 Å². The molecule has 4 heteroatoms. The molecule has 98 valence electrons. The van der Waals surface area contributed by atoms with E-state index >= 15 is 0 Å². The minimum atomic E-state index is -0.486. The molecule has 2 unspecified atom stereocenters. The Kier molecular flexibility index (Phi) is 3.30. The number of nitrogens with one attached hydrogen (secondary N) is 1. The first-order valence-electron chi connectivity index (χ1n) is 6.20. The summed E-state index contributed by atoms with van der Waals surface area (Å²) in [6, 6.07) is 7.77.